The fraction of sp³-hybridized carbons (Fsp3) is 0.0588. The van der Waals surface area contributed by atoms with Crippen LogP contribution in [0, 0.1) is 0 Å². The molecule has 4 nitrogen and oxygen atoms in total. The Balaban J connectivity index is 1.62. The van der Waals surface area contributed by atoms with Crippen molar-refractivity contribution in [2.45, 2.75) is 13.5 Å². The summed E-state index contributed by atoms with van der Waals surface area (Å²) in [5.41, 5.74) is 7.07. The van der Waals surface area contributed by atoms with Crippen LogP contribution in [0.15, 0.2) is 119 Å². The number of aryl methyl sites for hydroxylation is 1. The normalized spacial score (nSPS) is 11.6. The lowest BCUT2D eigenvalue weighted by molar-refractivity contribution is 0.822. The number of aromatic nitrogens is 2. The van der Waals surface area contributed by atoms with Gasteiger partial charge in [0, 0.05) is 39.2 Å². The molecule has 5 aromatic carbocycles. The van der Waals surface area contributed by atoms with Crippen LogP contribution in [0.2, 0.25) is 0 Å². The van der Waals surface area contributed by atoms with Gasteiger partial charge in [-0.1, -0.05) is 84.9 Å². The van der Waals surface area contributed by atoms with E-state index in [9.17, 15) is 9.59 Å². The largest absolute Gasteiger partial charge is 0.354 e. The highest BCUT2D eigenvalue weighted by Gasteiger charge is 2.17. The van der Waals surface area contributed by atoms with Gasteiger partial charge in [-0.15, -0.1) is 0 Å². The van der Waals surface area contributed by atoms with Crippen LogP contribution in [0.5, 0.6) is 0 Å². The smallest absolute Gasteiger partial charge is 0.197 e. The average Bonchev–Trinajstić information content (AvgIpc) is 2.97. The first kappa shape index (κ1) is 22.3. The zero-order valence-corrected chi connectivity index (χ0v) is 20.9. The van der Waals surface area contributed by atoms with E-state index < -0.39 is 0 Å². The van der Waals surface area contributed by atoms with Gasteiger partial charge in [-0.25, -0.2) is 0 Å². The van der Waals surface area contributed by atoms with Gasteiger partial charge in [0.05, 0.1) is 22.1 Å². The minimum atomic E-state index is -0.0417. The number of nitrogens with one attached hydrogen (secondary N) is 1. The standard InChI is InChI=1S/C34H24N2O2/c1-2-36-30-20-27-29(35-31-23(21-11-5-3-6-12-21)15-9-17-25(31)33(27)37)19-28(30)34(38)26-18-10-16-24(32(26)36)22-13-7-4-8-14-22/h3-20H,2H2,1H3,(H,35,37). The topological polar surface area (TPSA) is 54.9 Å². The van der Waals surface area contributed by atoms with E-state index in [1.165, 1.54) is 0 Å². The molecule has 0 aliphatic heterocycles. The molecule has 7 aromatic rings. The number of pyridine rings is 2. The number of para-hydroxylation sites is 2. The third kappa shape index (κ3) is 3.24. The molecule has 0 aliphatic rings. The Labute approximate surface area is 218 Å². The molecule has 182 valence electrons. The molecule has 0 aliphatic carbocycles. The molecule has 0 spiro atoms. The maximum absolute atomic E-state index is 13.9. The summed E-state index contributed by atoms with van der Waals surface area (Å²) in [4.78, 5) is 31.3. The van der Waals surface area contributed by atoms with E-state index in [4.69, 9.17) is 0 Å². The third-order valence-corrected chi connectivity index (χ3v) is 7.52. The molecule has 0 saturated heterocycles. The van der Waals surface area contributed by atoms with Crippen LogP contribution in [-0.4, -0.2) is 9.55 Å². The Kier molecular flexibility index (Phi) is 5.02. The lowest BCUT2D eigenvalue weighted by atomic mass is 9.98. The zero-order chi connectivity index (χ0) is 25.8. The molecule has 0 fully saturated rings. The van der Waals surface area contributed by atoms with Crippen molar-refractivity contribution in [1.82, 2.24) is 9.55 Å². The molecule has 7 rings (SSSR count). The number of nitrogens with zero attached hydrogens (tertiary/aromatic N) is 1. The number of fused-ring (bicyclic) bond motifs is 4. The SMILES string of the molecule is CCn1c2cc3c(=O)c4cccc(-c5ccccc5)c4[nH]c3cc2c(=O)c2cccc(-c3ccccc3)c21. The van der Waals surface area contributed by atoms with Gasteiger partial charge in [0.25, 0.3) is 0 Å². The second-order valence-corrected chi connectivity index (χ2v) is 9.60. The molecule has 4 heteroatoms. The highest BCUT2D eigenvalue weighted by Crippen LogP contribution is 2.32. The lowest BCUT2D eigenvalue weighted by Crippen LogP contribution is -2.13. The van der Waals surface area contributed by atoms with Crippen molar-refractivity contribution in [3.8, 4) is 22.3 Å². The molecular weight excluding hydrogens is 468 g/mol. The van der Waals surface area contributed by atoms with Crippen LogP contribution >= 0.6 is 0 Å². The third-order valence-electron chi connectivity index (χ3n) is 7.52. The van der Waals surface area contributed by atoms with Gasteiger partial charge in [-0.05, 0) is 42.3 Å². The zero-order valence-electron chi connectivity index (χ0n) is 20.9. The Morgan fingerprint density at radius 2 is 1.21 bits per heavy atom. The van der Waals surface area contributed by atoms with Crippen LogP contribution in [0.25, 0.3) is 65.9 Å². The molecule has 0 radical (unpaired) electrons. The number of rotatable bonds is 3. The second-order valence-electron chi connectivity index (χ2n) is 9.60. The molecule has 0 atom stereocenters. The van der Waals surface area contributed by atoms with E-state index in [2.05, 4.69) is 34.7 Å². The Bertz CT molecular complexity index is 2140. The van der Waals surface area contributed by atoms with E-state index in [1.54, 1.807) is 0 Å². The van der Waals surface area contributed by atoms with E-state index in [0.717, 1.165) is 38.8 Å². The molecule has 0 bridgehead atoms. The molecule has 1 N–H and O–H groups in total. The van der Waals surface area contributed by atoms with Gasteiger partial charge in [-0.3, -0.25) is 9.59 Å². The van der Waals surface area contributed by atoms with Gasteiger partial charge in [0.15, 0.2) is 10.9 Å². The maximum Gasteiger partial charge on any atom is 0.197 e. The minimum Gasteiger partial charge on any atom is -0.354 e. The van der Waals surface area contributed by atoms with Gasteiger partial charge >= 0.3 is 0 Å². The predicted octanol–water partition coefficient (Wildman–Crippen LogP) is 7.50. The minimum absolute atomic E-state index is 0.0309. The van der Waals surface area contributed by atoms with Crippen LogP contribution < -0.4 is 10.9 Å². The summed E-state index contributed by atoms with van der Waals surface area (Å²) in [6, 6.07) is 35.6. The summed E-state index contributed by atoms with van der Waals surface area (Å²) >= 11 is 0. The van der Waals surface area contributed by atoms with Gasteiger partial charge in [0.1, 0.15) is 0 Å². The molecule has 0 saturated carbocycles. The van der Waals surface area contributed by atoms with Crippen molar-refractivity contribution < 1.29 is 0 Å². The Hall–Kier alpha value is -4.96. The quantitative estimate of drug-likeness (QED) is 0.260. The van der Waals surface area contributed by atoms with Crippen LogP contribution in [0.1, 0.15) is 6.92 Å². The number of H-pyrrole nitrogens is 1. The monoisotopic (exact) mass is 492 g/mol. The maximum atomic E-state index is 13.9. The number of aromatic amines is 1. The van der Waals surface area contributed by atoms with E-state index in [-0.39, 0.29) is 10.9 Å². The molecule has 38 heavy (non-hydrogen) atoms. The predicted molar refractivity (Wildman–Crippen MR) is 158 cm³/mol. The second kappa shape index (κ2) is 8.56. The summed E-state index contributed by atoms with van der Waals surface area (Å²) < 4.78 is 2.16. The van der Waals surface area contributed by atoms with Crippen molar-refractivity contribution in [2.75, 3.05) is 0 Å². The van der Waals surface area contributed by atoms with Crippen molar-refractivity contribution in [3.63, 3.8) is 0 Å². The van der Waals surface area contributed by atoms with E-state index in [1.807, 2.05) is 91.0 Å². The fourth-order valence-corrected chi connectivity index (χ4v) is 5.76. The fourth-order valence-electron chi connectivity index (χ4n) is 5.76. The molecule has 0 amide bonds. The first-order chi connectivity index (χ1) is 18.7. The van der Waals surface area contributed by atoms with Crippen LogP contribution in [0.4, 0.5) is 0 Å². The average molecular weight is 493 g/mol. The van der Waals surface area contributed by atoms with E-state index in [0.29, 0.717) is 33.6 Å². The van der Waals surface area contributed by atoms with Crippen molar-refractivity contribution in [2.24, 2.45) is 0 Å². The van der Waals surface area contributed by atoms with Gasteiger partial charge < -0.3 is 9.55 Å². The van der Waals surface area contributed by atoms with Crippen molar-refractivity contribution in [3.05, 3.63) is 130 Å². The highest BCUT2D eigenvalue weighted by molar-refractivity contribution is 6.07. The Morgan fingerprint density at radius 3 is 1.89 bits per heavy atom. The lowest BCUT2D eigenvalue weighted by Gasteiger charge is -2.18. The van der Waals surface area contributed by atoms with Crippen molar-refractivity contribution in [1.29, 1.82) is 0 Å². The van der Waals surface area contributed by atoms with E-state index >= 15 is 0 Å². The summed E-state index contributed by atoms with van der Waals surface area (Å²) in [7, 11) is 0. The Morgan fingerprint density at radius 1 is 0.605 bits per heavy atom. The molecule has 2 aromatic heterocycles. The van der Waals surface area contributed by atoms with Crippen LogP contribution in [0.3, 0.4) is 0 Å². The first-order valence-electron chi connectivity index (χ1n) is 12.8. The van der Waals surface area contributed by atoms with Crippen LogP contribution in [-0.2, 0) is 6.54 Å². The summed E-state index contributed by atoms with van der Waals surface area (Å²) in [6.07, 6.45) is 0. The number of hydrogen-bond acceptors (Lipinski definition) is 2. The summed E-state index contributed by atoms with van der Waals surface area (Å²) in [5, 5.41) is 2.49. The van der Waals surface area contributed by atoms with Gasteiger partial charge in [-0.2, -0.15) is 0 Å². The number of hydrogen-bond donors (Lipinski definition) is 1. The summed E-state index contributed by atoms with van der Waals surface area (Å²) in [6.45, 7) is 2.73. The molecule has 0 unspecified atom stereocenters. The number of benzene rings is 5. The molecular formula is C34H24N2O2. The summed E-state index contributed by atoms with van der Waals surface area (Å²) in [5.74, 6) is 0. The van der Waals surface area contributed by atoms with Crippen molar-refractivity contribution >= 4 is 43.6 Å². The first-order valence-corrected chi connectivity index (χ1v) is 12.8. The highest BCUT2D eigenvalue weighted by atomic mass is 16.1. The van der Waals surface area contributed by atoms with Gasteiger partial charge in [0.2, 0.25) is 0 Å². The molecule has 2 heterocycles.